The van der Waals surface area contributed by atoms with Crippen LogP contribution in [0.4, 0.5) is 5.69 Å². The topological polar surface area (TPSA) is 68.0 Å². The molecule has 0 fully saturated rings. The summed E-state index contributed by atoms with van der Waals surface area (Å²) in [5, 5.41) is 18.9. The quantitative estimate of drug-likeness (QED) is 0.279. The highest BCUT2D eigenvalue weighted by atomic mass is 79.9. The lowest BCUT2D eigenvalue weighted by Gasteiger charge is -2.38. The van der Waals surface area contributed by atoms with E-state index < -0.39 is 11.2 Å². The molecule has 5 rings (SSSR count). The summed E-state index contributed by atoms with van der Waals surface area (Å²) in [4.78, 5) is 10.9. The highest BCUT2D eigenvalue weighted by Gasteiger charge is 2.42. The molecule has 0 amide bonds. The van der Waals surface area contributed by atoms with Gasteiger partial charge < -0.3 is 4.74 Å². The number of ether oxygens (including phenoxy) is 1. The van der Waals surface area contributed by atoms with Crippen molar-refractivity contribution < 1.29 is 9.66 Å². The van der Waals surface area contributed by atoms with Gasteiger partial charge >= 0.3 is 0 Å². The van der Waals surface area contributed by atoms with E-state index in [4.69, 9.17) is 33.0 Å². The fourth-order valence-electron chi connectivity index (χ4n) is 3.94. The second-order valence-corrected chi connectivity index (χ2v) is 9.04. The third-order valence-corrected chi connectivity index (χ3v) is 6.38. The van der Waals surface area contributed by atoms with Crippen LogP contribution in [0, 0.1) is 10.1 Å². The minimum atomic E-state index is -0.663. The zero-order valence-electron chi connectivity index (χ0n) is 15.8. The number of hydrazone groups is 1. The molecule has 0 spiro atoms. The number of hydrogen-bond donors (Lipinski definition) is 0. The first-order valence-corrected chi connectivity index (χ1v) is 11.0. The van der Waals surface area contributed by atoms with E-state index in [1.54, 1.807) is 18.2 Å². The van der Waals surface area contributed by atoms with Crippen LogP contribution in [-0.2, 0) is 0 Å². The molecule has 2 aliphatic heterocycles. The van der Waals surface area contributed by atoms with Crippen LogP contribution in [0.15, 0.2) is 70.2 Å². The number of hydrogen-bond acceptors (Lipinski definition) is 5. The van der Waals surface area contributed by atoms with Crippen molar-refractivity contribution in [2.45, 2.75) is 18.7 Å². The van der Waals surface area contributed by atoms with Crippen LogP contribution < -0.4 is 4.74 Å². The number of fused-ring (bicyclic) bond motifs is 3. The summed E-state index contributed by atoms with van der Waals surface area (Å²) in [5.41, 5.74) is 3.33. The Kier molecular flexibility index (Phi) is 5.12. The Bertz CT molecular complexity index is 1230. The summed E-state index contributed by atoms with van der Waals surface area (Å²) in [6.07, 6.45) is -0.0379. The maximum atomic E-state index is 11.3. The van der Waals surface area contributed by atoms with Crippen molar-refractivity contribution in [2.75, 3.05) is 0 Å². The monoisotopic (exact) mass is 517 g/mol. The van der Waals surface area contributed by atoms with E-state index in [0.717, 1.165) is 21.3 Å². The molecule has 3 aromatic rings. The lowest BCUT2D eigenvalue weighted by atomic mass is 9.96. The average Bonchev–Trinajstić information content (AvgIpc) is 3.19. The van der Waals surface area contributed by atoms with Gasteiger partial charge in [-0.3, -0.25) is 10.1 Å². The van der Waals surface area contributed by atoms with Gasteiger partial charge in [-0.1, -0.05) is 63.4 Å². The molecule has 9 heteroatoms. The Labute approximate surface area is 196 Å². The number of non-ortho nitro benzene ring substituents is 1. The zero-order valence-corrected chi connectivity index (χ0v) is 18.9. The fraction of sp³-hybridized carbons (Fsp3) is 0.136. The molecule has 2 atom stereocenters. The predicted octanol–water partition coefficient (Wildman–Crippen LogP) is 6.91. The summed E-state index contributed by atoms with van der Waals surface area (Å²) in [6, 6.07) is 17.6. The molecule has 0 saturated carbocycles. The second kappa shape index (κ2) is 7.82. The smallest absolute Gasteiger partial charge is 0.269 e. The first kappa shape index (κ1) is 20.3. The van der Waals surface area contributed by atoms with E-state index in [1.807, 2.05) is 35.3 Å². The van der Waals surface area contributed by atoms with Gasteiger partial charge in [-0.2, -0.15) is 5.10 Å². The van der Waals surface area contributed by atoms with Crippen LogP contribution >= 0.6 is 39.1 Å². The van der Waals surface area contributed by atoms with E-state index >= 15 is 0 Å². The third-order valence-electron chi connectivity index (χ3n) is 5.35. The second-order valence-electron chi connectivity index (χ2n) is 7.28. The Balaban J connectivity index is 1.63. The highest BCUT2D eigenvalue weighted by Crippen LogP contribution is 2.51. The first-order chi connectivity index (χ1) is 14.9. The largest absolute Gasteiger partial charge is 0.463 e. The number of rotatable bonds is 3. The van der Waals surface area contributed by atoms with Gasteiger partial charge in [0.25, 0.3) is 5.69 Å². The molecule has 0 saturated heterocycles. The maximum Gasteiger partial charge on any atom is 0.269 e. The molecule has 0 radical (unpaired) electrons. The molecule has 0 N–H and O–H groups in total. The van der Waals surface area contributed by atoms with Gasteiger partial charge in [0.05, 0.1) is 21.7 Å². The number of halogens is 3. The van der Waals surface area contributed by atoms with Gasteiger partial charge in [-0.15, -0.1) is 0 Å². The molecular formula is C22H14BrCl2N3O3. The fourth-order valence-corrected chi connectivity index (χ4v) is 4.76. The lowest BCUT2D eigenvalue weighted by Crippen LogP contribution is -2.33. The number of benzene rings is 3. The van der Waals surface area contributed by atoms with E-state index in [2.05, 4.69) is 15.9 Å². The maximum absolute atomic E-state index is 11.3. The Morgan fingerprint density at radius 3 is 2.65 bits per heavy atom. The molecule has 6 nitrogen and oxygen atoms in total. The standard InChI is InChI=1S/C22H14BrCl2N3O3/c23-14-6-4-12(5-7-14)19-11-20-17-9-15(24)10-18(25)21(17)31-22(27(20)26-19)13-2-1-3-16(8-13)28(29)30/h1-10,20,22H,11H2/t20-,22+/m0/s1. The van der Waals surface area contributed by atoms with Gasteiger partial charge in [0, 0.05) is 39.2 Å². The van der Waals surface area contributed by atoms with Gasteiger partial charge in [-0.25, -0.2) is 5.01 Å². The van der Waals surface area contributed by atoms with Crippen LogP contribution in [-0.4, -0.2) is 15.6 Å². The van der Waals surface area contributed by atoms with Crippen molar-refractivity contribution in [3.8, 4) is 5.75 Å². The molecule has 0 unspecified atom stereocenters. The SMILES string of the molecule is O=[N+]([O-])c1cccc([C@H]2Oc3c(Cl)cc(Cl)cc3[C@@H]3CC(c4ccc(Br)cc4)=NN23)c1. The van der Waals surface area contributed by atoms with Crippen LogP contribution in [0.25, 0.3) is 0 Å². The summed E-state index contributed by atoms with van der Waals surface area (Å²) >= 11 is 16.2. The lowest BCUT2D eigenvalue weighted by molar-refractivity contribution is -0.385. The summed E-state index contributed by atoms with van der Waals surface area (Å²) < 4.78 is 7.23. The van der Waals surface area contributed by atoms with Crippen molar-refractivity contribution in [1.82, 2.24) is 5.01 Å². The molecule has 0 bridgehead atoms. The van der Waals surface area contributed by atoms with Crippen LogP contribution in [0.2, 0.25) is 10.0 Å². The predicted molar refractivity (Wildman–Crippen MR) is 123 cm³/mol. The van der Waals surface area contributed by atoms with Gasteiger partial charge in [-0.05, 0) is 29.8 Å². The molecule has 31 heavy (non-hydrogen) atoms. The van der Waals surface area contributed by atoms with E-state index in [0.29, 0.717) is 27.8 Å². The molecular weight excluding hydrogens is 505 g/mol. The van der Waals surface area contributed by atoms with Gasteiger partial charge in [0.1, 0.15) is 5.75 Å². The molecule has 3 aromatic carbocycles. The normalized spacial score (nSPS) is 19.3. The van der Waals surface area contributed by atoms with Crippen LogP contribution in [0.3, 0.4) is 0 Å². The summed E-state index contributed by atoms with van der Waals surface area (Å²) in [6.45, 7) is 0. The summed E-state index contributed by atoms with van der Waals surface area (Å²) in [7, 11) is 0. The first-order valence-electron chi connectivity index (χ1n) is 9.42. The van der Waals surface area contributed by atoms with Crippen molar-refractivity contribution in [3.63, 3.8) is 0 Å². The van der Waals surface area contributed by atoms with Gasteiger partial charge in [0.15, 0.2) is 0 Å². The molecule has 0 aliphatic carbocycles. The van der Waals surface area contributed by atoms with Crippen molar-refractivity contribution in [3.05, 3.63) is 102 Å². The van der Waals surface area contributed by atoms with Crippen molar-refractivity contribution >= 4 is 50.5 Å². The number of nitrogens with zero attached hydrogens (tertiary/aromatic N) is 3. The highest BCUT2D eigenvalue weighted by molar-refractivity contribution is 9.10. The minimum Gasteiger partial charge on any atom is -0.463 e. The average molecular weight is 519 g/mol. The van der Waals surface area contributed by atoms with E-state index in [9.17, 15) is 10.1 Å². The Hall–Kier alpha value is -2.61. The summed E-state index contributed by atoms with van der Waals surface area (Å²) in [5.74, 6) is 0.524. The van der Waals surface area contributed by atoms with Gasteiger partial charge in [0.2, 0.25) is 6.23 Å². The molecule has 156 valence electrons. The van der Waals surface area contributed by atoms with Crippen LogP contribution in [0.5, 0.6) is 5.75 Å². The molecule has 2 heterocycles. The Morgan fingerprint density at radius 1 is 1.13 bits per heavy atom. The minimum absolute atomic E-state index is 0.0121. The van der Waals surface area contributed by atoms with E-state index in [1.165, 1.54) is 12.1 Å². The molecule has 2 aliphatic rings. The number of nitro benzene ring substituents is 1. The van der Waals surface area contributed by atoms with Crippen molar-refractivity contribution in [1.29, 1.82) is 0 Å². The Morgan fingerprint density at radius 2 is 1.90 bits per heavy atom. The number of nitro groups is 1. The third kappa shape index (κ3) is 3.67. The van der Waals surface area contributed by atoms with E-state index in [-0.39, 0.29) is 11.7 Å². The molecule has 0 aromatic heterocycles. The zero-order chi connectivity index (χ0) is 21.7. The van der Waals surface area contributed by atoms with Crippen molar-refractivity contribution in [2.24, 2.45) is 5.10 Å². The van der Waals surface area contributed by atoms with Crippen LogP contribution in [0.1, 0.15) is 35.4 Å².